The van der Waals surface area contributed by atoms with E-state index < -0.39 is 0 Å². The molecule has 0 atom stereocenters. The van der Waals surface area contributed by atoms with Gasteiger partial charge in [-0.25, -0.2) is 4.98 Å². The first-order valence-corrected chi connectivity index (χ1v) is 9.61. The number of amides is 1. The highest BCUT2D eigenvalue weighted by Gasteiger charge is 2.24. The first kappa shape index (κ1) is 17.5. The van der Waals surface area contributed by atoms with E-state index in [1.807, 2.05) is 21.4 Å². The number of piperazine rings is 1. The summed E-state index contributed by atoms with van der Waals surface area (Å²) in [5.74, 6) is 0.0329. The molecule has 8 heteroatoms. The largest absolute Gasteiger partial charge is 0.390 e. The minimum atomic E-state index is -0.155. The van der Waals surface area contributed by atoms with E-state index in [2.05, 4.69) is 16.9 Å². The smallest absolute Gasteiger partial charge is 0.265 e. The number of fused-ring (bicyclic) bond motifs is 1. The quantitative estimate of drug-likeness (QED) is 0.746. The van der Waals surface area contributed by atoms with E-state index in [0.29, 0.717) is 26.2 Å². The van der Waals surface area contributed by atoms with Crippen LogP contribution in [0.1, 0.15) is 15.4 Å². The molecule has 3 heterocycles. The zero-order chi connectivity index (χ0) is 18.3. The number of hydrogen-bond acceptors (Lipinski definition) is 5. The number of thiazole rings is 1. The highest BCUT2D eigenvalue weighted by Crippen LogP contribution is 2.30. The number of aromatic nitrogens is 2. The van der Waals surface area contributed by atoms with Crippen LogP contribution in [0, 0.1) is 0 Å². The van der Waals surface area contributed by atoms with Crippen molar-refractivity contribution in [2.75, 3.05) is 33.2 Å². The maximum Gasteiger partial charge on any atom is 0.265 e. The van der Waals surface area contributed by atoms with Gasteiger partial charge in [0, 0.05) is 43.0 Å². The van der Waals surface area contributed by atoms with Gasteiger partial charge < -0.3 is 14.9 Å². The molecule has 0 saturated carbocycles. The number of hydrogen-bond donors (Lipinski definition) is 1. The van der Waals surface area contributed by atoms with E-state index in [4.69, 9.17) is 11.6 Å². The van der Waals surface area contributed by atoms with Crippen LogP contribution in [0.25, 0.3) is 16.2 Å². The number of nitrogens with zero attached hydrogens (tertiary/aromatic N) is 4. The Morgan fingerprint density at radius 2 is 1.92 bits per heavy atom. The van der Waals surface area contributed by atoms with E-state index >= 15 is 0 Å². The van der Waals surface area contributed by atoms with E-state index in [1.165, 1.54) is 11.3 Å². The lowest BCUT2D eigenvalue weighted by Crippen LogP contribution is -2.46. The second kappa shape index (κ2) is 7.00. The topological polar surface area (TPSA) is 61.1 Å². The summed E-state index contributed by atoms with van der Waals surface area (Å²) in [6.45, 7) is 3.09. The molecule has 1 amide bonds. The Labute approximate surface area is 160 Å². The molecule has 1 aliphatic rings. The summed E-state index contributed by atoms with van der Waals surface area (Å²) in [6, 6.07) is 7.36. The fourth-order valence-corrected chi connectivity index (χ4v) is 4.24. The SMILES string of the molecule is CN1CCN(C(=O)c2cn3c(CO)c(-c4ccc(Cl)cc4)nc3s2)CC1. The van der Waals surface area contributed by atoms with Gasteiger partial charge in [-0.05, 0) is 19.2 Å². The van der Waals surface area contributed by atoms with E-state index in [9.17, 15) is 9.90 Å². The summed E-state index contributed by atoms with van der Waals surface area (Å²) in [6.07, 6.45) is 1.79. The van der Waals surface area contributed by atoms with Crippen molar-refractivity contribution in [1.29, 1.82) is 0 Å². The van der Waals surface area contributed by atoms with Crippen LogP contribution in [0.15, 0.2) is 30.5 Å². The number of carbonyl (C=O) groups excluding carboxylic acids is 1. The summed E-state index contributed by atoms with van der Waals surface area (Å²) in [7, 11) is 2.06. The molecule has 0 bridgehead atoms. The first-order chi connectivity index (χ1) is 12.6. The van der Waals surface area contributed by atoms with Crippen LogP contribution in [0.5, 0.6) is 0 Å². The van der Waals surface area contributed by atoms with Crippen LogP contribution in [0.2, 0.25) is 5.02 Å². The minimum Gasteiger partial charge on any atom is -0.390 e. The predicted octanol–water partition coefficient (Wildman–Crippen LogP) is 2.60. The molecule has 0 radical (unpaired) electrons. The third-order valence-electron chi connectivity index (χ3n) is 4.69. The normalized spacial score (nSPS) is 15.7. The molecule has 1 aromatic carbocycles. The van der Waals surface area contributed by atoms with Crippen LogP contribution in [-0.2, 0) is 6.61 Å². The maximum atomic E-state index is 12.8. The second-order valence-electron chi connectivity index (χ2n) is 6.42. The van der Waals surface area contributed by atoms with E-state index in [1.54, 1.807) is 18.3 Å². The van der Waals surface area contributed by atoms with Crippen LogP contribution in [0.3, 0.4) is 0 Å². The number of halogens is 1. The molecular formula is C18H19ClN4O2S. The van der Waals surface area contributed by atoms with Gasteiger partial charge >= 0.3 is 0 Å². The van der Waals surface area contributed by atoms with Crippen molar-refractivity contribution < 1.29 is 9.90 Å². The minimum absolute atomic E-state index is 0.0329. The Bertz CT molecular complexity index is 942. The Morgan fingerprint density at radius 3 is 2.58 bits per heavy atom. The van der Waals surface area contributed by atoms with Crippen LogP contribution >= 0.6 is 22.9 Å². The number of aliphatic hydroxyl groups is 1. The van der Waals surface area contributed by atoms with Crippen LogP contribution in [-0.4, -0.2) is 63.4 Å². The van der Waals surface area contributed by atoms with E-state index in [0.717, 1.165) is 31.7 Å². The molecule has 4 rings (SSSR count). The van der Waals surface area contributed by atoms with Crippen LogP contribution in [0.4, 0.5) is 0 Å². The summed E-state index contributed by atoms with van der Waals surface area (Å²) in [5, 5.41) is 10.5. The van der Waals surface area contributed by atoms with Crippen molar-refractivity contribution >= 4 is 33.8 Å². The predicted molar refractivity (Wildman–Crippen MR) is 103 cm³/mol. The summed E-state index contributed by atoms with van der Waals surface area (Å²) in [5.41, 5.74) is 2.28. The number of rotatable bonds is 3. The highest BCUT2D eigenvalue weighted by atomic mass is 35.5. The van der Waals surface area contributed by atoms with Gasteiger partial charge in [0.15, 0.2) is 4.96 Å². The molecule has 136 valence electrons. The Balaban J connectivity index is 1.67. The third-order valence-corrected chi connectivity index (χ3v) is 5.92. The summed E-state index contributed by atoms with van der Waals surface area (Å²) in [4.78, 5) is 22.9. The molecule has 1 N–H and O–H groups in total. The second-order valence-corrected chi connectivity index (χ2v) is 7.86. The van der Waals surface area contributed by atoms with E-state index in [-0.39, 0.29) is 12.5 Å². The van der Waals surface area contributed by atoms with Crippen LogP contribution < -0.4 is 0 Å². The van der Waals surface area contributed by atoms with Gasteiger partial charge in [-0.1, -0.05) is 35.1 Å². The van der Waals surface area contributed by atoms with Gasteiger partial charge in [-0.2, -0.15) is 0 Å². The van der Waals surface area contributed by atoms with Gasteiger partial charge in [0.05, 0.1) is 18.0 Å². The lowest BCUT2D eigenvalue weighted by molar-refractivity contribution is 0.0668. The van der Waals surface area contributed by atoms with Gasteiger partial charge in [-0.15, -0.1) is 0 Å². The Hall–Kier alpha value is -1.93. The molecule has 2 aromatic heterocycles. The summed E-state index contributed by atoms with van der Waals surface area (Å²) < 4.78 is 1.82. The monoisotopic (exact) mass is 390 g/mol. The molecule has 1 fully saturated rings. The van der Waals surface area contributed by atoms with Gasteiger partial charge in [0.2, 0.25) is 0 Å². The van der Waals surface area contributed by atoms with Crippen molar-refractivity contribution in [3.05, 3.63) is 46.1 Å². The molecule has 26 heavy (non-hydrogen) atoms. The number of benzene rings is 1. The zero-order valence-electron chi connectivity index (χ0n) is 14.4. The molecule has 0 unspecified atom stereocenters. The van der Waals surface area contributed by atoms with Gasteiger partial charge in [-0.3, -0.25) is 9.20 Å². The standard InChI is InChI=1S/C18H19ClN4O2S/c1-21-6-8-22(9-7-21)17(25)15-10-23-14(11-24)16(20-18(23)26-15)12-2-4-13(19)5-3-12/h2-5,10,24H,6-9,11H2,1H3. The number of imidazole rings is 1. The van der Waals surface area contributed by atoms with Crippen molar-refractivity contribution in [2.45, 2.75) is 6.61 Å². The lowest BCUT2D eigenvalue weighted by atomic mass is 10.1. The molecule has 1 saturated heterocycles. The molecular weight excluding hydrogens is 372 g/mol. The highest BCUT2D eigenvalue weighted by molar-refractivity contribution is 7.18. The van der Waals surface area contributed by atoms with Crippen molar-refractivity contribution in [3.63, 3.8) is 0 Å². The van der Waals surface area contributed by atoms with Crippen molar-refractivity contribution in [2.24, 2.45) is 0 Å². The number of carbonyl (C=O) groups is 1. The molecule has 0 aliphatic carbocycles. The fraction of sp³-hybridized carbons (Fsp3) is 0.333. The van der Waals surface area contributed by atoms with Gasteiger partial charge in [0.1, 0.15) is 4.88 Å². The van der Waals surface area contributed by atoms with Crippen molar-refractivity contribution in [1.82, 2.24) is 19.2 Å². The molecule has 1 aliphatic heterocycles. The number of aliphatic hydroxyl groups excluding tert-OH is 1. The first-order valence-electron chi connectivity index (χ1n) is 8.42. The zero-order valence-corrected chi connectivity index (χ0v) is 15.9. The maximum absolute atomic E-state index is 12.8. The molecule has 6 nitrogen and oxygen atoms in total. The third kappa shape index (κ3) is 3.12. The van der Waals surface area contributed by atoms with Gasteiger partial charge in [0.25, 0.3) is 5.91 Å². The summed E-state index contributed by atoms with van der Waals surface area (Å²) >= 11 is 7.31. The Morgan fingerprint density at radius 1 is 1.23 bits per heavy atom. The average molecular weight is 391 g/mol. The Kier molecular flexibility index (Phi) is 4.71. The molecule has 0 spiro atoms. The van der Waals surface area contributed by atoms with Crippen molar-refractivity contribution in [3.8, 4) is 11.3 Å². The lowest BCUT2D eigenvalue weighted by Gasteiger charge is -2.32. The fourth-order valence-electron chi connectivity index (χ4n) is 3.14. The molecule has 3 aromatic rings. The average Bonchev–Trinajstić information content (AvgIpc) is 3.20. The number of likely N-dealkylation sites (N-methyl/N-ethyl adjacent to an activating group) is 1.